The largest absolute Gasteiger partial charge is 0.460 e. The molecule has 2 aromatic carbocycles. The number of aliphatic hydroxyl groups is 1. The first-order valence-electron chi connectivity index (χ1n) is 10.8. The Labute approximate surface area is 208 Å². The van der Waals surface area contributed by atoms with Crippen molar-refractivity contribution in [2.24, 2.45) is 5.92 Å². The predicted molar refractivity (Wildman–Crippen MR) is 110 cm³/mol. The van der Waals surface area contributed by atoms with Crippen molar-refractivity contribution in [1.29, 1.82) is 0 Å². The van der Waals surface area contributed by atoms with Crippen molar-refractivity contribution < 1.29 is 62.2 Å². The van der Waals surface area contributed by atoms with E-state index in [0.717, 1.165) is 36.4 Å². The first-order valence-corrected chi connectivity index (χ1v) is 10.8. The van der Waals surface area contributed by atoms with Gasteiger partial charge >= 0.3 is 35.8 Å². The van der Waals surface area contributed by atoms with Gasteiger partial charge in [0, 0.05) is 0 Å². The molecule has 1 unspecified atom stereocenters. The van der Waals surface area contributed by atoms with Crippen molar-refractivity contribution in [2.45, 2.75) is 68.1 Å². The van der Waals surface area contributed by atoms with E-state index in [4.69, 9.17) is 0 Å². The molecule has 0 heterocycles. The molecule has 0 saturated carbocycles. The Morgan fingerprint density at radius 3 is 1.55 bits per heavy atom. The van der Waals surface area contributed by atoms with Crippen molar-refractivity contribution in [1.82, 2.24) is 0 Å². The van der Waals surface area contributed by atoms with Gasteiger partial charge in [-0.05, 0) is 29.0 Å². The van der Waals surface area contributed by atoms with Crippen LogP contribution in [0.1, 0.15) is 37.0 Å². The summed E-state index contributed by atoms with van der Waals surface area (Å²) in [6.45, 7) is 3.48. The van der Waals surface area contributed by atoms with E-state index in [2.05, 4.69) is 0 Å². The number of hydrogen-bond donors (Lipinski definition) is 1. The average molecular weight is 572 g/mol. The van der Waals surface area contributed by atoms with Gasteiger partial charge in [0.05, 0.1) is 6.42 Å². The third kappa shape index (κ3) is 5.20. The molecule has 2 rings (SSSR count). The van der Waals surface area contributed by atoms with E-state index in [9.17, 15) is 62.2 Å². The minimum Gasteiger partial charge on any atom is -0.380 e. The quantitative estimate of drug-likeness (QED) is 0.285. The first kappa shape index (κ1) is 31.7. The molecule has 0 aromatic heterocycles. The molecule has 0 aliphatic carbocycles. The van der Waals surface area contributed by atoms with Crippen LogP contribution in [-0.2, 0) is 12.0 Å². The Kier molecular flexibility index (Phi) is 8.27. The molecule has 38 heavy (non-hydrogen) atoms. The van der Waals surface area contributed by atoms with Gasteiger partial charge in [-0.2, -0.15) is 57.1 Å². The summed E-state index contributed by atoms with van der Waals surface area (Å²) in [5.41, 5.74) is -4.12. The molecule has 0 amide bonds. The summed E-state index contributed by atoms with van der Waals surface area (Å²) in [5, 5.41) is 11.2. The summed E-state index contributed by atoms with van der Waals surface area (Å²) in [6, 6.07) is 10.0. The summed E-state index contributed by atoms with van der Waals surface area (Å²) < 4.78 is 177. The van der Waals surface area contributed by atoms with E-state index in [1.165, 1.54) is 18.2 Å². The van der Waals surface area contributed by atoms with E-state index in [1.807, 2.05) is 0 Å². The van der Waals surface area contributed by atoms with Crippen LogP contribution >= 0.6 is 0 Å². The van der Waals surface area contributed by atoms with Crippen LogP contribution < -0.4 is 0 Å². The SMILES string of the molecule is CC(C)Cc1cccc(C(O)(CC(F)(F)C(F)(F)C(F)(F)C(F)(F)C(F)(F)C(F)(F)F)c2ccccc2)c1. The van der Waals surface area contributed by atoms with E-state index in [1.54, 1.807) is 13.8 Å². The lowest BCUT2D eigenvalue weighted by Gasteiger charge is -2.42. The molecule has 0 radical (unpaired) electrons. The molecule has 1 atom stereocenters. The predicted octanol–water partition coefficient (Wildman–Crippen LogP) is 8.25. The Hall–Kier alpha value is -2.51. The third-order valence-electron chi connectivity index (χ3n) is 5.78. The molecular formula is C24H21F13O. The van der Waals surface area contributed by atoms with Crippen LogP contribution in [0.3, 0.4) is 0 Å². The van der Waals surface area contributed by atoms with Crippen molar-refractivity contribution >= 4 is 0 Å². The number of benzene rings is 2. The van der Waals surface area contributed by atoms with E-state index < -0.39 is 58.9 Å². The molecule has 0 fully saturated rings. The zero-order valence-electron chi connectivity index (χ0n) is 19.5. The fourth-order valence-electron chi connectivity index (χ4n) is 3.75. The maximum absolute atomic E-state index is 14.8. The molecule has 1 N–H and O–H groups in total. The number of alkyl halides is 13. The second-order valence-electron chi connectivity index (χ2n) is 9.20. The molecular weight excluding hydrogens is 551 g/mol. The minimum absolute atomic E-state index is 0.0444. The first-order chi connectivity index (χ1) is 17.0. The van der Waals surface area contributed by atoms with Gasteiger partial charge in [0.25, 0.3) is 0 Å². The van der Waals surface area contributed by atoms with Gasteiger partial charge in [0.2, 0.25) is 0 Å². The monoisotopic (exact) mass is 572 g/mol. The standard InChI is InChI=1S/C24H21F13O/c1-14(2)11-15-7-6-10-17(12-15)18(38,16-8-4-3-5-9-16)13-19(25,26)20(27,28)21(29,30)22(31,32)23(33,34)24(35,36)37/h3-10,12,14,38H,11,13H2,1-2H3. The van der Waals surface area contributed by atoms with Crippen LogP contribution in [0.25, 0.3) is 0 Å². The fourth-order valence-corrected chi connectivity index (χ4v) is 3.75. The molecule has 0 bridgehead atoms. The molecule has 0 spiro atoms. The smallest absolute Gasteiger partial charge is 0.380 e. The van der Waals surface area contributed by atoms with Crippen molar-refractivity contribution in [3.63, 3.8) is 0 Å². The Bertz CT molecular complexity index is 1090. The number of halogens is 13. The zero-order valence-corrected chi connectivity index (χ0v) is 19.5. The second kappa shape index (κ2) is 9.91. The summed E-state index contributed by atoms with van der Waals surface area (Å²) in [4.78, 5) is 0. The van der Waals surface area contributed by atoms with Crippen LogP contribution in [0.15, 0.2) is 54.6 Å². The van der Waals surface area contributed by atoms with Crippen LogP contribution in [0, 0.1) is 5.92 Å². The molecule has 14 heteroatoms. The molecule has 0 aliphatic heterocycles. The Morgan fingerprint density at radius 2 is 1.08 bits per heavy atom. The summed E-state index contributed by atoms with van der Waals surface area (Å²) in [7, 11) is 0. The highest BCUT2D eigenvalue weighted by Crippen LogP contribution is 2.61. The fraction of sp³-hybridized carbons (Fsp3) is 0.500. The molecule has 0 saturated heterocycles. The van der Waals surface area contributed by atoms with Gasteiger partial charge in [-0.3, -0.25) is 0 Å². The van der Waals surface area contributed by atoms with Crippen molar-refractivity contribution in [3.8, 4) is 0 Å². The van der Waals surface area contributed by atoms with Crippen LogP contribution in [-0.4, -0.2) is 40.9 Å². The summed E-state index contributed by atoms with van der Waals surface area (Å²) >= 11 is 0. The highest BCUT2D eigenvalue weighted by atomic mass is 19.4. The van der Waals surface area contributed by atoms with Crippen LogP contribution in [0.5, 0.6) is 0 Å². The van der Waals surface area contributed by atoms with Gasteiger partial charge in [0.1, 0.15) is 5.60 Å². The average Bonchev–Trinajstić information content (AvgIpc) is 2.77. The highest BCUT2D eigenvalue weighted by Gasteiger charge is 2.90. The second-order valence-corrected chi connectivity index (χ2v) is 9.20. The van der Waals surface area contributed by atoms with Gasteiger partial charge in [-0.25, -0.2) is 0 Å². The van der Waals surface area contributed by atoms with Crippen LogP contribution in [0.2, 0.25) is 0 Å². The van der Waals surface area contributed by atoms with Gasteiger partial charge in [0.15, 0.2) is 0 Å². The maximum atomic E-state index is 14.8. The number of rotatable bonds is 10. The minimum atomic E-state index is -8.01. The third-order valence-corrected chi connectivity index (χ3v) is 5.78. The van der Waals surface area contributed by atoms with Crippen molar-refractivity contribution in [2.75, 3.05) is 0 Å². The zero-order chi connectivity index (χ0) is 29.6. The van der Waals surface area contributed by atoms with E-state index in [0.29, 0.717) is 5.56 Å². The van der Waals surface area contributed by atoms with Gasteiger partial charge in [-0.1, -0.05) is 68.4 Å². The van der Waals surface area contributed by atoms with Crippen molar-refractivity contribution in [3.05, 3.63) is 71.3 Å². The summed E-state index contributed by atoms with van der Waals surface area (Å²) in [5.74, 6) is -37.8. The Morgan fingerprint density at radius 1 is 0.605 bits per heavy atom. The molecule has 214 valence electrons. The van der Waals surface area contributed by atoms with E-state index >= 15 is 0 Å². The van der Waals surface area contributed by atoms with Gasteiger partial charge < -0.3 is 5.11 Å². The Balaban J connectivity index is 2.69. The lowest BCUT2D eigenvalue weighted by molar-refractivity contribution is -0.441. The highest BCUT2D eigenvalue weighted by molar-refractivity contribution is 5.39. The molecule has 0 aliphatic rings. The normalized spacial score (nSPS) is 16.0. The molecule has 1 nitrogen and oxygen atoms in total. The molecule has 2 aromatic rings. The van der Waals surface area contributed by atoms with Gasteiger partial charge in [-0.15, -0.1) is 0 Å². The van der Waals surface area contributed by atoms with Crippen LogP contribution in [0.4, 0.5) is 57.1 Å². The number of hydrogen-bond acceptors (Lipinski definition) is 1. The summed E-state index contributed by atoms with van der Waals surface area (Å²) in [6.07, 6.45) is -10.0. The van der Waals surface area contributed by atoms with E-state index in [-0.39, 0.29) is 12.3 Å². The topological polar surface area (TPSA) is 20.2 Å². The lowest BCUT2D eigenvalue weighted by Crippen LogP contribution is -2.70. The maximum Gasteiger partial charge on any atom is 0.460 e. The lowest BCUT2D eigenvalue weighted by atomic mass is 9.78.